The molecule has 0 bridgehead atoms. The van der Waals surface area contributed by atoms with Crippen LogP contribution in [0.15, 0.2) is 59.6 Å². The number of aromatic nitrogens is 1. The number of fused-ring (bicyclic) bond motifs is 1. The van der Waals surface area contributed by atoms with Gasteiger partial charge in [0.25, 0.3) is 5.69 Å². The molecule has 1 N–H and O–H groups in total. The molecule has 0 aliphatic carbocycles. The Morgan fingerprint density at radius 3 is 2.69 bits per heavy atom. The van der Waals surface area contributed by atoms with Crippen molar-refractivity contribution >= 4 is 39.9 Å². The van der Waals surface area contributed by atoms with Crippen LogP contribution in [0.5, 0.6) is 5.75 Å². The Bertz CT molecular complexity index is 960. The summed E-state index contributed by atoms with van der Waals surface area (Å²) in [5.41, 5.74) is 1.36. The van der Waals surface area contributed by atoms with Crippen LogP contribution in [0.1, 0.15) is 0 Å². The highest BCUT2D eigenvalue weighted by atomic mass is 32.2. The van der Waals surface area contributed by atoms with Gasteiger partial charge in [0.05, 0.1) is 23.5 Å². The molecule has 1 aromatic heterocycles. The van der Waals surface area contributed by atoms with Crippen molar-refractivity contribution in [1.82, 2.24) is 4.98 Å². The first-order chi connectivity index (χ1) is 12.6. The lowest BCUT2D eigenvalue weighted by Crippen LogP contribution is -2.14. The van der Waals surface area contributed by atoms with Gasteiger partial charge in [-0.2, -0.15) is 0 Å². The van der Waals surface area contributed by atoms with Crippen molar-refractivity contribution in [3.63, 3.8) is 0 Å². The van der Waals surface area contributed by atoms with Crippen LogP contribution in [0.3, 0.4) is 0 Å². The van der Waals surface area contributed by atoms with Crippen LogP contribution < -0.4 is 10.1 Å². The molecule has 0 aliphatic rings. The van der Waals surface area contributed by atoms with Crippen molar-refractivity contribution in [3.05, 3.63) is 64.8 Å². The van der Waals surface area contributed by atoms with E-state index in [1.807, 2.05) is 6.07 Å². The molecular formula is C18H15N3O4S. The number of thioether (sulfide) groups is 1. The van der Waals surface area contributed by atoms with Gasteiger partial charge < -0.3 is 10.1 Å². The molecule has 0 saturated carbocycles. The summed E-state index contributed by atoms with van der Waals surface area (Å²) < 4.78 is 5.29. The molecule has 7 nitrogen and oxygen atoms in total. The van der Waals surface area contributed by atoms with Crippen molar-refractivity contribution in [1.29, 1.82) is 0 Å². The summed E-state index contributed by atoms with van der Waals surface area (Å²) in [6, 6.07) is 13.3. The molecular weight excluding hydrogens is 354 g/mol. The van der Waals surface area contributed by atoms with Crippen LogP contribution in [0.4, 0.5) is 11.4 Å². The van der Waals surface area contributed by atoms with E-state index in [2.05, 4.69) is 10.3 Å². The summed E-state index contributed by atoms with van der Waals surface area (Å²) in [5, 5.41) is 14.3. The van der Waals surface area contributed by atoms with Crippen LogP contribution in [0, 0.1) is 10.1 Å². The van der Waals surface area contributed by atoms with E-state index in [0.29, 0.717) is 17.0 Å². The highest BCUT2D eigenvalue weighted by molar-refractivity contribution is 8.00. The second-order valence-electron chi connectivity index (χ2n) is 5.30. The zero-order valence-electron chi connectivity index (χ0n) is 13.8. The summed E-state index contributed by atoms with van der Waals surface area (Å²) in [5.74, 6) is 0.647. The topological polar surface area (TPSA) is 94.4 Å². The lowest BCUT2D eigenvalue weighted by Gasteiger charge is -2.11. The van der Waals surface area contributed by atoms with Gasteiger partial charge in [0, 0.05) is 28.6 Å². The van der Waals surface area contributed by atoms with Crippen molar-refractivity contribution in [3.8, 4) is 5.75 Å². The van der Waals surface area contributed by atoms with Crippen LogP contribution >= 0.6 is 11.8 Å². The predicted molar refractivity (Wildman–Crippen MR) is 101 cm³/mol. The SMILES string of the molecule is COc1ccc(NC(=O)CSc2ccc([N+](=O)[O-])cc2)c2cccnc12. The molecule has 0 radical (unpaired) electrons. The van der Waals surface area contributed by atoms with Crippen LogP contribution in [0.2, 0.25) is 0 Å². The second-order valence-corrected chi connectivity index (χ2v) is 6.35. The first-order valence-electron chi connectivity index (χ1n) is 7.67. The van der Waals surface area contributed by atoms with Crippen molar-refractivity contribution < 1.29 is 14.5 Å². The first kappa shape index (κ1) is 17.7. The number of anilines is 1. The Morgan fingerprint density at radius 1 is 1.23 bits per heavy atom. The summed E-state index contributed by atoms with van der Waals surface area (Å²) in [6.07, 6.45) is 1.67. The number of nitro groups is 1. The van der Waals surface area contributed by atoms with E-state index < -0.39 is 4.92 Å². The minimum absolute atomic E-state index is 0.0241. The normalized spacial score (nSPS) is 10.5. The summed E-state index contributed by atoms with van der Waals surface area (Å²) >= 11 is 1.31. The number of pyridine rings is 1. The van der Waals surface area contributed by atoms with Gasteiger partial charge in [-0.3, -0.25) is 19.9 Å². The molecule has 0 aliphatic heterocycles. The van der Waals surface area contributed by atoms with Gasteiger partial charge in [-0.05, 0) is 36.4 Å². The minimum atomic E-state index is -0.454. The fourth-order valence-electron chi connectivity index (χ4n) is 2.42. The number of nitrogens with zero attached hydrogens (tertiary/aromatic N) is 2. The number of nitro benzene ring substituents is 1. The number of hydrogen-bond donors (Lipinski definition) is 1. The minimum Gasteiger partial charge on any atom is -0.494 e. The van der Waals surface area contributed by atoms with Crippen LogP contribution in [-0.4, -0.2) is 28.7 Å². The lowest BCUT2D eigenvalue weighted by atomic mass is 10.1. The van der Waals surface area contributed by atoms with Gasteiger partial charge >= 0.3 is 0 Å². The van der Waals surface area contributed by atoms with Gasteiger partial charge in [0.2, 0.25) is 5.91 Å². The summed E-state index contributed by atoms with van der Waals surface area (Å²) in [7, 11) is 1.57. The lowest BCUT2D eigenvalue weighted by molar-refractivity contribution is -0.384. The fourth-order valence-corrected chi connectivity index (χ4v) is 3.12. The van der Waals surface area contributed by atoms with E-state index in [0.717, 1.165) is 10.3 Å². The largest absolute Gasteiger partial charge is 0.494 e. The number of nitrogens with one attached hydrogen (secondary N) is 1. The summed E-state index contributed by atoms with van der Waals surface area (Å²) in [4.78, 5) is 27.6. The highest BCUT2D eigenvalue weighted by Gasteiger charge is 2.11. The molecule has 8 heteroatoms. The number of carbonyl (C=O) groups is 1. The van der Waals surface area contributed by atoms with Crippen LogP contribution in [-0.2, 0) is 4.79 Å². The maximum atomic E-state index is 12.3. The molecule has 3 aromatic rings. The van der Waals surface area contributed by atoms with Crippen molar-refractivity contribution in [2.75, 3.05) is 18.2 Å². The molecule has 2 aromatic carbocycles. The maximum absolute atomic E-state index is 12.3. The van der Waals surface area contributed by atoms with E-state index in [9.17, 15) is 14.9 Å². The molecule has 0 fully saturated rings. The molecule has 0 unspecified atom stereocenters. The monoisotopic (exact) mass is 369 g/mol. The Morgan fingerprint density at radius 2 is 2.00 bits per heavy atom. The predicted octanol–water partition coefficient (Wildman–Crippen LogP) is 3.88. The van der Waals surface area contributed by atoms with Gasteiger partial charge in [-0.25, -0.2) is 0 Å². The zero-order chi connectivity index (χ0) is 18.5. The Kier molecular flexibility index (Phi) is 5.33. The number of rotatable bonds is 6. The van der Waals surface area contributed by atoms with Crippen molar-refractivity contribution in [2.24, 2.45) is 0 Å². The number of hydrogen-bond acceptors (Lipinski definition) is 6. The standard InChI is InChI=1S/C18H15N3O4S/c1-25-16-9-8-15(14-3-2-10-19-18(14)16)20-17(22)11-26-13-6-4-12(5-7-13)21(23)24/h2-10H,11H2,1H3,(H,20,22). The average Bonchev–Trinajstić information content (AvgIpc) is 2.67. The molecule has 3 rings (SSSR count). The number of benzene rings is 2. The highest BCUT2D eigenvalue weighted by Crippen LogP contribution is 2.30. The third-order valence-corrected chi connectivity index (χ3v) is 4.66. The van der Waals surface area contributed by atoms with E-state index in [-0.39, 0.29) is 17.3 Å². The maximum Gasteiger partial charge on any atom is 0.269 e. The fraction of sp³-hybridized carbons (Fsp3) is 0.111. The molecule has 0 saturated heterocycles. The van der Waals surface area contributed by atoms with E-state index in [1.165, 1.54) is 23.9 Å². The van der Waals surface area contributed by atoms with Gasteiger partial charge in [-0.15, -0.1) is 11.8 Å². The molecule has 1 heterocycles. The molecule has 0 spiro atoms. The zero-order valence-corrected chi connectivity index (χ0v) is 14.7. The smallest absolute Gasteiger partial charge is 0.269 e. The molecule has 132 valence electrons. The van der Waals surface area contributed by atoms with E-state index in [1.54, 1.807) is 43.6 Å². The average molecular weight is 369 g/mol. The van der Waals surface area contributed by atoms with Gasteiger partial charge in [0.15, 0.2) is 0 Å². The Labute approximate surface area is 153 Å². The van der Waals surface area contributed by atoms with E-state index in [4.69, 9.17) is 4.74 Å². The number of amides is 1. The van der Waals surface area contributed by atoms with Crippen molar-refractivity contribution in [2.45, 2.75) is 4.90 Å². The molecule has 1 amide bonds. The quantitative estimate of drug-likeness (QED) is 0.402. The Hall–Kier alpha value is -3.13. The Balaban J connectivity index is 1.69. The number of ether oxygens (including phenoxy) is 1. The van der Waals surface area contributed by atoms with Gasteiger partial charge in [-0.1, -0.05) is 0 Å². The molecule has 0 atom stereocenters. The van der Waals surface area contributed by atoms with Gasteiger partial charge in [0.1, 0.15) is 11.3 Å². The number of methoxy groups -OCH3 is 1. The summed E-state index contributed by atoms with van der Waals surface area (Å²) in [6.45, 7) is 0. The molecule has 26 heavy (non-hydrogen) atoms. The van der Waals surface area contributed by atoms with E-state index >= 15 is 0 Å². The van der Waals surface area contributed by atoms with Crippen LogP contribution in [0.25, 0.3) is 10.9 Å². The first-order valence-corrected chi connectivity index (χ1v) is 8.66. The number of carbonyl (C=O) groups excluding carboxylic acids is 1. The third kappa shape index (κ3) is 3.92. The third-order valence-electron chi connectivity index (χ3n) is 3.64. The second kappa shape index (κ2) is 7.83. The number of non-ortho nitro benzene ring substituents is 1.